The second kappa shape index (κ2) is 5.53. The number of nitrogen functional groups attached to an aromatic ring is 1. The van der Waals surface area contributed by atoms with Crippen molar-refractivity contribution in [3.63, 3.8) is 0 Å². The van der Waals surface area contributed by atoms with E-state index >= 15 is 0 Å². The Kier molecular flexibility index (Phi) is 3.57. The fraction of sp³-hybridized carbons (Fsp3) is 0.0714. The minimum atomic E-state index is 0.624. The molecule has 0 bridgehead atoms. The third-order valence-electron chi connectivity index (χ3n) is 2.99. The predicted molar refractivity (Wildman–Crippen MR) is 83.3 cm³/mol. The summed E-state index contributed by atoms with van der Waals surface area (Å²) in [5.41, 5.74) is 8.16. The summed E-state index contributed by atoms with van der Waals surface area (Å²) >= 11 is 3.46. The van der Waals surface area contributed by atoms with Crippen LogP contribution in [0, 0.1) is 0 Å². The van der Waals surface area contributed by atoms with E-state index in [1.165, 1.54) is 0 Å². The van der Waals surface area contributed by atoms with E-state index in [2.05, 4.69) is 31.5 Å². The molecule has 0 aliphatic rings. The van der Waals surface area contributed by atoms with Crippen LogP contribution in [0.2, 0.25) is 0 Å². The number of benzene rings is 2. The number of aromatic nitrogens is 4. The van der Waals surface area contributed by atoms with Gasteiger partial charge in [0.2, 0.25) is 0 Å². The molecule has 0 aliphatic carbocycles. The lowest BCUT2D eigenvalue weighted by Crippen LogP contribution is -2.00. The van der Waals surface area contributed by atoms with E-state index in [1.54, 1.807) is 11.8 Å². The predicted octanol–water partition coefficient (Wildman–Crippen LogP) is 2.68. The molecule has 6 nitrogen and oxygen atoms in total. The Bertz CT molecular complexity index is 787. The molecule has 0 fully saturated rings. The number of tetrazole rings is 1. The number of hydrogen-bond donors (Lipinski definition) is 1. The Balaban J connectivity index is 2.09. The number of rotatable bonds is 3. The van der Waals surface area contributed by atoms with E-state index in [-0.39, 0.29) is 0 Å². The summed E-state index contributed by atoms with van der Waals surface area (Å²) in [5, 5.41) is 11.9. The fourth-order valence-corrected chi connectivity index (χ4v) is 2.53. The second-order valence-corrected chi connectivity index (χ2v) is 5.21. The highest BCUT2D eigenvalue weighted by Gasteiger charge is 2.12. The molecule has 0 spiro atoms. The van der Waals surface area contributed by atoms with E-state index in [9.17, 15) is 0 Å². The van der Waals surface area contributed by atoms with Gasteiger partial charge in [-0.1, -0.05) is 12.1 Å². The van der Waals surface area contributed by atoms with Crippen molar-refractivity contribution in [2.45, 2.75) is 0 Å². The van der Waals surface area contributed by atoms with Crippen LogP contribution in [0.25, 0.3) is 17.1 Å². The Morgan fingerprint density at radius 3 is 2.76 bits per heavy atom. The first-order chi connectivity index (χ1) is 10.2. The van der Waals surface area contributed by atoms with Crippen LogP contribution in [0.4, 0.5) is 5.69 Å². The highest BCUT2D eigenvalue weighted by Crippen LogP contribution is 2.28. The van der Waals surface area contributed by atoms with Gasteiger partial charge in [-0.3, -0.25) is 0 Å². The molecule has 1 heterocycles. The molecule has 0 unspecified atom stereocenters. The smallest absolute Gasteiger partial charge is 0.187 e. The molecule has 3 rings (SSSR count). The van der Waals surface area contributed by atoms with Crippen molar-refractivity contribution in [3.8, 4) is 22.8 Å². The molecule has 2 N–H and O–H groups in total. The minimum Gasteiger partial charge on any atom is -0.496 e. The van der Waals surface area contributed by atoms with Crippen LogP contribution in [0.5, 0.6) is 5.75 Å². The molecule has 0 aliphatic heterocycles. The summed E-state index contributed by atoms with van der Waals surface area (Å²) in [6, 6.07) is 13.1. The topological polar surface area (TPSA) is 78.8 Å². The van der Waals surface area contributed by atoms with Crippen LogP contribution < -0.4 is 10.5 Å². The number of hydrogen-bond acceptors (Lipinski definition) is 5. The quantitative estimate of drug-likeness (QED) is 0.738. The number of nitrogens with two attached hydrogens (primary N) is 1. The van der Waals surface area contributed by atoms with Crippen LogP contribution in [-0.4, -0.2) is 27.3 Å². The molecule has 0 radical (unpaired) electrons. The molecule has 0 saturated heterocycles. The molecular formula is C14H12BrN5O. The van der Waals surface area contributed by atoms with Gasteiger partial charge in [-0.15, -0.1) is 5.10 Å². The molecule has 106 valence electrons. The SMILES string of the molecule is COc1ccc(-n2nnnc2-c2cccc(N)c2)cc1Br. The lowest BCUT2D eigenvalue weighted by atomic mass is 10.2. The zero-order valence-electron chi connectivity index (χ0n) is 11.2. The van der Waals surface area contributed by atoms with Crippen molar-refractivity contribution in [2.24, 2.45) is 0 Å². The third-order valence-corrected chi connectivity index (χ3v) is 3.61. The zero-order valence-corrected chi connectivity index (χ0v) is 12.8. The maximum absolute atomic E-state index is 5.81. The maximum atomic E-state index is 5.81. The van der Waals surface area contributed by atoms with Gasteiger partial charge >= 0.3 is 0 Å². The lowest BCUT2D eigenvalue weighted by molar-refractivity contribution is 0.412. The lowest BCUT2D eigenvalue weighted by Gasteiger charge is -2.08. The van der Waals surface area contributed by atoms with Crippen LogP contribution >= 0.6 is 15.9 Å². The largest absolute Gasteiger partial charge is 0.496 e. The zero-order chi connectivity index (χ0) is 14.8. The Hall–Kier alpha value is -2.41. The van der Waals surface area contributed by atoms with Gasteiger partial charge in [0, 0.05) is 11.3 Å². The monoisotopic (exact) mass is 345 g/mol. The van der Waals surface area contributed by atoms with Crippen LogP contribution in [0.1, 0.15) is 0 Å². The van der Waals surface area contributed by atoms with Gasteiger partial charge in [0.1, 0.15) is 5.75 Å². The Morgan fingerprint density at radius 1 is 1.19 bits per heavy atom. The molecule has 1 aromatic heterocycles. The second-order valence-electron chi connectivity index (χ2n) is 4.36. The van der Waals surface area contributed by atoms with Crippen LogP contribution in [0.15, 0.2) is 46.9 Å². The summed E-state index contributed by atoms with van der Waals surface area (Å²) in [5.74, 6) is 1.37. The first-order valence-corrected chi connectivity index (χ1v) is 6.96. The molecular weight excluding hydrogens is 334 g/mol. The fourth-order valence-electron chi connectivity index (χ4n) is 2.01. The Labute approximate surface area is 129 Å². The van der Waals surface area contributed by atoms with Crippen molar-refractivity contribution >= 4 is 21.6 Å². The summed E-state index contributed by atoms with van der Waals surface area (Å²) < 4.78 is 7.71. The van der Waals surface area contributed by atoms with Crippen molar-refractivity contribution in [1.82, 2.24) is 20.2 Å². The summed E-state index contributed by atoms with van der Waals surface area (Å²) in [6.07, 6.45) is 0. The molecule has 0 saturated carbocycles. The van der Waals surface area contributed by atoms with Crippen molar-refractivity contribution in [3.05, 3.63) is 46.9 Å². The molecule has 21 heavy (non-hydrogen) atoms. The van der Waals surface area contributed by atoms with Gasteiger partial charge in [0.15, 0.2) is 5.82 Å². The summed E-state index contributed by atoms with van der Waals surface area (Å²) in [4.78, 5) is 0. The first kappa shape index (κ1) is 13.6. The summed E-state index contributed by atoms with van der Waals surface area (Å²) in [6.45, 7) is 0. The van der Waals surface area contributed by atoms with Gasteiger partial charge in [-0.05, 0) is 56.7 Å². The van der Waals surface area contributed by atoms with E-state index in [0.717, 1.165) is 21.5 Å². The number of anilines is 1. The van der Waals surface area contributed by atoms with Crippen LogP contribution in [-0.2, 0) is 0 Å². The standard InChI is InChI=1S/C14H12BrN5O/c1-21-13-6-5-11(8-12(13)15)20-14(17-18-19-20)9-3-2-4-10(16)7-9/h2-8H,16H2,1H3. The van der Waals surface area contributed by atoms with E-state index in [1.807, 2.05) is 42.5 Å². The third kappa shape index (κ3) is 2.59. The number of halogens is 1. The average Bonchev–Trinajstić information content (AvgIpc) is 2.96. The highest BCUT2D eigenvalue weighted by atomic mass is 79.9. The number of ether oxygens (including phenoxy) is 1. The van der Waals surface area contributed by atoms with Gasteiger partial charge in [-0.2, -0.15) is 4.68 Å². The average molecular weight is 346 g/mol. The first-order valence-electron chi connectivity index (χ1n) is 6.17. The normalized spacial score (nSPS) is 10.6. The van der Waals surface area contributed by atoms with E-state index in [0.29, 0.717) is 11.5 Å². The van der Waals surface area contributed by atoms with Gasteiger partial charge in [0.25, 0.3) is 0 Å². The molecule has 2 aromatic carbocycles. The molecule has 3 aromatic rings. The van der Waals surface area contributed by atoms with Crippen molar-refractivity contribution in [1.29, 1.82) is 0 Å². The Morgan fingerprint density at radius 2 is 2.05 bits per heavy atom. The van der Waals surface area contributed by atoms with E-state index < -0.39 is 0 Å². The van der Waals surface area contributed by atoms with Gasteiger partial charge in [-0.25, -0.2) is 0 Å². The summed E-state index contributed by atoms with van der Waals surface area (Å²) in [7, 11) is 1.62. The number of nitrogens with zero attached hydrogens (tertiary/aromatic N) is 4. The van der Waals surface area contributed by atoms with Gasteiger partial charge in [0.05, 0.1) is 17.3 Å². The highest BCUT2D eigenvalue weighted by molar-refractivity contribution is 9.10. The van der Waals surface area contributed by atoms with Crippen molar-refractivity contribution in [2.75, 3.05) is 12.8 Å². The van der Waals surface area contributed by atoms with E-state index in [4.69, 9.17) is 10.5 Å². The number of methoxy groups -OCH3 is 1. The van der Waals surface area contributed by atoms with Gasteiger partial charge < -0.3 is 10.5 Å². The van der Waals surface area contributed by atoms with Crippen molar-refractivity contribution < 1.29 is 4.74 Å². The molecule has 0 amide bonds. The molecule has 7 heteroatoms. The van der Waals surface area contributed by atoms with Crippen LogP contribution in [0.3, 0.4) is 0 Å². The molecule has 0 atom stereocenters. The minimum absolute atomic E-state index is 0.624. The maximum Gasteiger partial charge on any atom is 0.187 e.